The van der Waals surface area contributed by atoms with Crippen molar-refractivity contribution in [1.82, 2.24) is 0 Å². The van der Waals surface area contributed by atoms with E-state index in [1.165, 1.54) is 5.57 Å². The van der Waals surface area contributed by atoms with Gasteiger partial charge in [-0.2, -0.15) is 0 Å². The van der Waals surface area contributed by atoms with Crippen LogP contribution < -0.4 is 0 Å². The van der Waals surface area contributed by atoms with Crippen LogP contribution >= 0.6 is 9.24 Å². The van der Waals surface area contributed by atoms with Crippen molar-refractivity contribution in [2.24, 2.45) is 10.8 Å². The Morgan fingerprint density at radius 3 is 1.18 bits per heavy atom. The zero-order chi connectivity index (χ0) is 9.28. The van der Waals surface area contributed by atoms with E-state index in [0.29, 0.717) is 10.8 Å². The Labute approximate surface area is 73.7 Å². The van der Waals surface area contributed by atoms with Crippen molar-refractivity contribution in [1.29, 1.82) is 0 Å². The molecule has 0 aromatic rings. The molecule has 0 bridgehead atoms. The molecule has 0 heterocycles. The predicted molar refractivity (Wildman–Crippen MR) is 56.7 cm³/mol. The van der Waals surface area contributed by atoms with Gasteiger partial charge in [-0.05, 0) is 10.8 Å². The summed E-state index contributed by atoms with van der Waals surface area (Å²) >= 11 is 0. The molecule has 66 valence electrons. The summed E-state index contributed by atoms with van der Waals surface area (Å²) in [7, 11) is 2.71. The molecule has 0 fully saturated rings. The molecule has 11 heavy (non-hydrogen) atoms. The minimum Gasteiger partial charge on any atom is -0.114 e. The van der Waals surface area contributed by atoms with E-state index in [4.69, 9.17) is 0 Å². The molecule has 0 amide bonds. The van der Waals surface area contributed by atoms with Crippen molar-refractivity contribution >= 4 is 9.24 Å². The lowest BCUT2D eigenvalue weighted by atomic mass is 9.73. The van der Waals surface area contributed by atoms with Crippen LogP contribution in [0.4, 0.5) is 0 Å². The van der Waals surface area contributed by atoms with Crippen LogP contribution in [0.5, 0.6) is 0 Å². The second kappa shape index (κ2) is 3.27. The van der Waals surface area contributed by atoms with E-state index in [9.17, 15) is 0 Å². The highest BCUT2D eigenvalue weighted by Crippen LogP contribution is 2.39. The van der Waals surface area contributed by atoms with Crippen molar-refractivity contribution in [3.63, 3.8) is 0 Å². The Bertz CT molecular complexity index is 137. The minimum atomic E-state index is 0.292. The molecule has 0 spiro atoms. The van der Waals surface area contributed by atoms with Crippen LogP contribution in [0.25, 0.3) is 0 Å². The molecule has 0 rings (SSSR count). The first-order chi connectivity index (χ1) is 4.69. The third-order valence-electron chi connectivity index (χ3n) is 1.78. The second-order valence-corrected chi connectivity index (χ2v) is 5.41. The maximum Gasteiger partial charge on any atom is -0.0164 e. The van der Waals surface area contributed by atoms with E-state index in [0.717, 1.165) is 0 Å². The largest absolute Gasteiger partial charge is 0.114 e. The second-order valence-electron chi connectivity index (χ2n) is 5.08. The Hall–Kier alpha value is 0.170. The Balaban J connectivity index is 4.74. The first kappa shape index (κ1) is 11.2. The molecule has 0 radical (unpaired) electrons. The highest BCUT2D eigenvalue weighted by atomic mass is 31.0. The summed E-state index contributed by atoms with van der Waals surface area (Å²) in [5.74, 6) is 2.17. The van der Waals surface area contributed by atoms with E-state index in [1.54, 1.807) is 0 Å². The molecular weight excluding hydrogens is 151 g/mol. The molecular formula is C10H21P. The van der Waals surface area contributed by atoms with Crippen LogP contribution in [0.15, 0.2) is 11.4 Å². The highest BCUT2D eigenvalue weighted by Gasteiger charge is 2.26. The highest BCUT2D eigenvalue weighted by molar-refractivity contribution is 7.20. The standard InChI is InChI=1S/C10H21P/c1-9(2,3)8(7-11)10(4,5)6/h7H,11H2,1-6H3. The third kappa shape index (κ3) is 3.38. The van der Waals surface area contributed by atoms with Gasteiger partial charge in [-0.25, -0.2) is 0 Å². The maximum atomic E-state index is 2.71. The molecule has 0 aromatic carbocycles. The molecule has 1 atom stereocenters. The van der Waals surface area contributed by atoms with Crippen molar-refractivity contribution in [3.05, 3.63) is 11.4 Å². The van der Waals surface area contributed by atoms with Crippen molar-refractivity contribution in [3.8, 4) is 0 Å². The van der Waals surface area contributed by atoms with Gasteiger partial charge < -0.3 is 0 Å². The summed E-state index contributed by atoms with van der Waals surface area (Å²) in [6, 6.07) is 0. The van der Waals surface area contributed by atoms with E-state index < -0.39 is 0 Å². The molecule has 0 aliphatic heterocycles. The van der Waals surface area contributed by atoms with Crippen LogP contribution in [0.2, 0.25) is 0 Å². The summed E-state index contributed by atoms with van der Waals surface area (Å²) in [5.41, 5.74) is 2.08. The van der Waals surface area contributed by atoms with Gasteiger partial charge in [0.25, 0.3) is 0 Å². The van der Waals surface area contributed by atoms with Gasteiger partial charge >= 0.3 is 0 Å². The molecule has 0 nitrogen and oxygen atoms in total. The number of allylic oxidation sites excluding steroid dienone is 1. The summed E-state index contributed by atoms with van der Waals surface area (Å²) in [4.78, 5) is 0. The number of rotatable bonds is 0. The maximum absolute atomic E-state index is 2.71. The van der Waals surface area contributed by atoms with Gasteiger partial charge in [0.05, 0.1) is 0 Å². The minimum absolute atomic E-state index is 0.292. The molecule has 1 heteroatoms. The zero-order valence-corrected chi connectivity index (χ0v) is 9.81. The fourth-order valence-electron chi connectivity index (χ4n) is 1.62. The van der Waals surface area contributed by atoms with Crippen LogP contribution in [-0.2, 0) is 0 Å². The Kier molecular flexibility index (Phi) is 3.32. The van der Waals surface area contributed by atoms with Gasteiger partial charge in [0, 0.05) is 0 Å². The van der Waals surface area contributed by atoms with Gasteiger partial charge in [0.2, 0.25) is 0 Å². The Morgan fingerprint density at radius 2 is 1.18 bits per heavy atom. The fraction of sp³-hybridized carbons (Fsp3) is 0.800. The first-order valence-electron chi connectivity index (χ1n) is 4.12. The first-order valence-corrected chi connectivity index (χ1v) is 4.79. The monoisotopic (exact) mass is 172 g/mol. The van der Waals surface area contributed by atoms with E-state index in [1.807, 2.05) is 0 Å². The van der Waals surface area contributed by atoms with Crippen LogP contribution in [0.3, 0.4) is 0 Å². The average molecular weight is 172 g/mol. The average Bonchev–Trinajstić information content (AvgIpc) is 1.56. The smallest absolute Gasteiger partial charge is 0.0164 e. The number of hydrogen-bond donors (Lipinski definition) is 0. The van der Waals surface area contributed by atoms with Gasteiger partial charge in [-0.1, -0.05) is 52.9 Å². The predicted octanol–water partition coefficient (Wildman–Crippen LogP) is 3.84. The lowest BCUT2D eigenvalue weighted by Crippen LogP contribution is -2.21. The van der Waals surface area contributed by atoms with Crippen LogP contribution in [0.1, 0.15) is 41.5 Å². The van der Waals surface area contributed by atoms with Gasteiger partial charge in [-0.15, -0.1) is 9.24 Å². The molecule has 0 aliphatic rings. The molecule has 0 saturated carbocycles. The van der Waals surface area contributed by atoms with Gasteiger partial charge in [-0.3, -0.25) is 0 Å². The normalized spacial score (nSPS) is 13.0. The zero-order valence-electron chi connectivity index (χ0n) is 8.65. The van der Waals surface area contributed by atoms with Gasteiger partial charge in [0.15, 0.2) is 0 Å². The lowest BCUT2D eigenvalue weighted by molar-refractivity contribution is 0.364. The topological polar surface area (TPSA) is 0 Å². The van der Waals surface area contributed by atoms with E-state index >= 15 is 0 Å². The van der Waals surface area contributed by atoms with Crippen molar-refractivity contribution in [2.75, 3.05) is 0 Å². The van der Waals surface area contributed by atoms with E-state index in [-0.39, 0.29) is 0 Å². The molecule has 0 saturated heterocycles. The van der Waals surface area contributed by atoms with Crippen LogP contribution in [0, 0.1) is 10.8 Å². The summed E-state index contributed by atoms with van der Waals surface area (Å²) in [6.45, 7) is 13.5. The van der Waals surface area contributed by atoms with Crippen LogP contribution in [-0.4, -0.2) is 0 Å². The molecule has 0 aromatic heterocycles. The SMILES string of the molecule is CC(C)(C)C(=CP)C(C)(C)C. The fourth-order valence-corrected chi connectivity index (χ4v) is 2.62. The van der Waals surface area contributed by atoms with Crippen molar-refractivity contribution < 1.29 is 0 Å². The van der Waals surface area contributed by atoms with Crippen molar-refractivity contribution in [2.45, 2.75) is 41.5 Å². The summed E-state index contributed by atoms with van der Waals surface area (Å²) in [6.07, 6.45) is 0. The number of hydrogen-bond acceptors (Lipinski definition) is 0. The lowest BCUT2D eigenvalue weighted by Gasteiger charge is -2.33. The summed E-state index contributed by atoms with van der Waals surface area (Å²) in [5, 5.41) is 0. The van der Waals surface area contributed by atoms with E-state index in [2.05, 4.69) is 56.6 Å². The quantitative estimate of drug-likeness (QED) is 0.487. The molecule has 0 N–H and O–H groups in total. The Morgan fingerprint density at radius 1 is 0.909 bits per heavy atom. The van der Waals surface area contributed by atoms with Gasteiger partial charge in [0.1, 0.15) is 0 Å². The molecule has 0 aliphatic carbocycles. The third-order valence-corrected chi connectivity index (χ3v) is 2.12. The molecule has 1 unspecified atom stereocenters. The summed E-state index contributed by atoms with van der Waals surface area (Å²) < 4.78 is 0.